The first kappa shape index (κ1) is 14.5. The monoisotopic (exact) mass is 188 g/mol. The van der Waals surface area contributed by atoms with Crippen molar-refractivity contribution in [2.75, 3.05) is 13.1 Å². The molecule has 4 nitrogen and oxygen atoms in total. The zero-order valence-corrected chi connectivity index (χ0v) is 8.94. The van der Waals surface area contributed by atoms with Crippen LogP contribution in [0.15, 0.2) is 0 Å². The summed E-state index contributed by atoms with van der Waals surface area (Å²) < 4.78 is 0. The van der Waals surface area contributed by atoms with Crippen LogP contribution >= 0.6 is 0 Å². The molecule has 13 heavy (non-hydrogen) atoms. The summed E-state index contributed by atoms with van der Waals surface area (Å²) in [5.41, 5.74) is 0. The van der Waals surface area contributed by atoms with Crippen LogP contribution < -0.4 is 10.6 Å². The number of rotatable bonds is 4. The van der Waals surface area contributed by atoms with Crippen molar-refractivity contribution in [3.05, 3.63) is 0 Å². The molecule has 0 saturated heterocycles. The molecule has 78 valence electrons. The zero-order chi connectivity index (χ0) is 10.7. The van der Waals surface area contributed by atoms with E-state index in [9.17, 15) is 9.59 Å². The topological polar surface area (TPSA) is 58.2 Å². The van der Waals surface area contributed by atoms with Crippen LogP contribution in [0, 0.1) is 0 Å². The van der Waals surface area contributed by atoms with Crippen LogP contribution in [0.3, 0.4) is 0 Å². The first-order chi connectivity index (χ1) is 6.13. The van der Waals surface area contributed by atoms with Crippen molar-refractivity contribution in [3.8, 4) is 0 Å². The van der Waals surface area contributed by atoms with Crippen LogP contribution in [0.2, 0.25) is 0 Å². The predicted molar refractivity (Wildman–Crippen MR) is 53.3 cm³/mol. The summed E-state index contributed by atoms with van der Waals surface area (Å²) in [6, 6.07) is 0. The van der Waals surface area contributed by atoms with Crippen LogP contribution in [-0.2, 0) is 9.59 Å². The number of carbonyl (C=O) groups is 2. The highest BCUT2D eigenvalue weighted by atomic mass is 16.2. The first-order valence-electron chi connectivity index (χ1n) is 4.62. The van der Waals surface area contributed by atoms with Gasteiger partial charge in [0.1, 0.15) is 0 Å². The Morgan fingerprint density at radius 2 is 1.23 bits per heavy atom. The smallest absolute Gasteiger partial charge is 0.216 e. The van der Waals surface area contributed by atoms with Crippen LogP contribution in [0.5, 0.6) is 0 Å². The van der Waals surface area contributed by atoms with Gasteiger partial charge in [-0.25, -0.2) is 0 Å². The summed E-state index contributed by atoms with van der Waals surface area (Å²) in [6.45, 7) is 8.18. The molecule has 0 aliphatic heterocycles. The van der Waals surface area contributed by atoms with E-state index in [1.165, 1.54) is 13.8 Å². The van der Waals surface area contributed by atoms with E-state index in [0.717, 1.165) is 6.42 Å². The lowest BCUT2D eigenvalue weighted by Gasteiger charge is -2.01. The van der Waals surface area contributed by atoms with E-state index in [0.29, 0.717) is 13.1 Å². The molecule has 2 amide bonds. The normalized spacial score (nSPS) is 8.00. The molecule has 0 saturated carbocycles. The summed E-state index contributed by atoms with van der Waals surface area (Å²) in [7, 11) is 0. The Morgan fingerprint density at radius 1 is 0.923 bits per heavy atom. The van der Waals surface area contributed by atoms with Gasteiger partial charge in [-0.05, 0) is 6.42 Å². The van der Waals surface area contributed by atoms with Gasteiger partial charge in [0.2, 0.25) is 11.8 Å². The lowest BCUT2D eigenvalue weighted by atomic mass is 10.4. The van der Waals surface area contributed by atoms with Gasteiger partial charge in [-0.2, -0.15) is 0 Å². The van der Waals surface area contributed by atoms with E-state index in [1.807, 2.05) is 13.8 Å². The largest absolute Gasteiger partial charge is 0.356 e. The van der Waals surface area contributed by atoms with E-state index >= 15 is 0 Å². The lowest BCUT2D eigenvalue weighted by molar-refractivity contribution is -0.119. The van der Waals surface area contributed by atoms with Gasteiger partial charge in [-0.1, -0.05) is 13.8 Å². The van der Waals surface area contributed by atoms with Gasteiger partial charge in [0.05, 0.1) is 0 Å². The molecule has 0 radical (unpaired) electrons. The fourth-order valence-corrected chi connectivity index (χ4v) is 0.617. The van der Waals surface area contributed by atoms with Gasteiger partial charge in [0.25, 0.3) is 0 Å². The molecule has 0 heterocycles. The Labute approximate surface area is 80.1 Å². The van der Waals surface area contributed by atoms with Crippen molar-refractivity contribution in [1.82, 2.24) is 10.6 Å². The molecular weight excluding hydrogens is 168 g/mol. The maximum absolute atomic E-state index is 10.3. The molecule has 0 spiro atoms. The maximum atomic E-state index is 10.3. The molecule has 0 bridgehead atoms. The Balaban J connectivity index is 0. The van der Waals surface area contributed by atoms with E-state index in [2.05, 4.69) is 10.6 Å². The fourth-order valence-electron chi connectivity index (χ4n) is 0.617. The number of amides is 2. The molecule has 0 aromatic heterocycles. The Hall–Kier alpha value is -1.06. The maximum Gasteiger partial charge on any atom is 0.216 e. The average molecular weight is 188 g/mol. The highest BCUT2D eigenvalue weighted by Crippen LogP contribution is 1.73. The standard InChI is InChI=1S/C7H14N2O2.C2H6/c1-6(10)8-4-3-5-9-7(2)11;1-2/h3-5H2,1-2H3,(H,8,10)(H,9,11);1-2H3. The lowest BCUT2D eigenvalue weighted by Crippen LogP contribution is -2.27. The van der Waals surface area contributed by atoms with Gasteiger partial charge >= 0.3 is 0 Å². The predicted octanol–water partition coefficient (Wildman–Crippen LogP) is 0.675. The van der Waals surface area contributed by atoms with Crippen molar-refractivity contribution in [2.45, 2.75) is 34.1 Å². The third-order valence-corrected chi connectivity index (χ3v) is 1.10. The summed E-state index contributed by atoms with van der Waals surface area (Å²) >= 11 is 0. The van der Waals surface area contributed by atoms with E-state index in [4.69, 9.17) is 0 Å². The molecule has 0 fully saturated rings. The summed E-state index contributed by atoms with van der Waals surface area (Å²) in [5.74, 6) is -0.0688. The third-order valence-electron chi connectivity index (χ3n) is 1.10. The highest BCUT2D eigenvalue weighted by molar-refractivity contribution is 5.73. The minimum absolute atomic E-state index is 0.0344. The number of nitrogens with one attached hydrogen (secondary N) is 2. The molecule has 0 aromatic rings. The van der Waals surface area contributed by atoms with Crippen LogP contribution in [-0.4, -0.2) is 24.9 Å². The second-order valence-corrected chi connectivity index (χ2v) is 2.32. The molecule has 0 unspecified atom stereocenters. The van der Waals surface area contributed by atoms with Gasteiger partial charge in [0, 0.05) is 26.9 Å². The van der Waals surface area contributed by atoms with Gasteiger partial charge in [-0.15, -0.1) is 0 Å². The van der Waals surface area contributed by atoms with Crippen LogP contribution in [0.4, 0.5) is 0 Å². The second-order valence-electron chi connectivity index (χ2n) is 2.32. The summed E-state index contributed by atoms with van der Waals surface area (Å²) in [5, 5.41) is 5.26. The highest BCUT2D eigenvalue weighted by Gasteiger charge is 1.91. The number of hydrogen-bond acceptors (Lipinski definition) is 2. The fraction of sp³-hybridized carbons (Fsp3) is 0.778. The molecule has 0 aliphatic rings. The van der Waals surface area contributed by atoms with Crippen molar-refractivity contribution in [2.24, 2.45) is 0 Å². The Kier molecular flexibility index (Phi) is 12.2. The first-order valence-corrected chi connectivity index (χ1v) is 4.62. The zero-order valence-electron chi connectivity index (χ0n) is 8.94. The van der Waals surface area contributed by atoms with Gasteiger partial charge < -0.3 is 10.6 Å². The van der Waals surface area contributed by atoms with Crippen LogP contribution in [0.1, 0.15) is 34.1 Å². The van der Waals surface area contributed by atoms with Gasteiger partial charge in [-0.3, -0.25) is 9.59 Å². The van der Waals surface area contributed by atoms with E-state index < -0.39 is 0 Å². The van der Waals surface area contributed by atoms with Crippen molar-refractivity contribution < 1.29 is 9.59 Å². The molecule has 0 atom stereocenters. The molecular formula is C9H20N2O2. The van der Waals surface area contributed by atoms with Crippen molar-refractivity contribution in [3.63, 3.8) is 0 Å². The Morgan fingerprint density at radius 3 is 1.46 bits per heavy atom. The number of carbonyl (C=O) groups excluding carboxylic acids is 2. The van der Waals surface area contributed by atoms with E-state index in [1.54, 1.807) is 0 Å². The van der Waals surface area contributed by atoms with Gasteiger partial charge in [0.15, 0.2) is 0 Å². The minimum atomic E-state index is -0.0344. The minimum Gasteiger partial charge on any atom is -0.356 e. The van der Waals surface area contributed by atoms with Crippen molar-refractivity contribution in [1.29, 1.82) is 0 Å². The summed E-state index contributed by atoms with van der Waals surface area (Å²) in [4.78, 5) is 20.7. The van der Waals surface area contributed by atoms with Crippen molar-refractivity contribution >= 4 is 11.8 Å². The Bertz CT molecular complexity index is 131. The van der Waals surface area contributed by atoms with Crippen LogP contribution in [0.25, 0.3) is 0 Å². The quantitative estimate of drug-likeness (QED) is 0.637. The third kappa shape index (κ3) is 18.2. The molecule has 4 heteroatoms. The number of hydrogen-bond donors (Lipinski definition) is 2. The second kappa shape index (κ2) is 10.9. The molecule has 0 aliphatic carbocycles. The van der Waals surface area contributed by atoms with E-state index in [-0.39, 0.29) is 11.8 Å². The SMILES string of the molecule is CC.CC(=O)NCCCNC(C)=O. The molecule has 0 rings (SSSR count). The average Bonchev–Trinajstić information content (AvgIpc) is 2.06. The molecule has 2 N–H and O–H groups in total. The summed E-state index contributed by atoms with van der Waals surface area (Å²) in [6.07, 6.45) is 0.777. The molecule has 0 aromatic carbocycles.